The number of anilines is 1. The number of aliphatic hydroxyl groups excluding tert-OH is 1. The van der Waals surface area contributed by atoms with Crippen molar-refractivity contribution >= 4 is 5.69 Å². The minimum atomic E-state index is -0.495. The van der Waals surface area contributed by atoms with Crippen LogP contribution in [0.5, 0.6) is 0 Å². The van der Waals surface area contributed by atoms with Gasteiger partial charge in [-0.1, -0.05) is 0 Å². The zero-order chi connectivity index (χ0) is 13.1. The quantitative estimate of drug-likeness (QED) is 0.881. The summed E-state index contributed by atoms with van der Waals surface area (Å²) < 4.78 is 0. The molecule has 2 rings (SSSR count). The van der Waals surface area contributed by atoms with Crippen molar-refractivity contribution in [3.8, 4) is 0 Å². The third kappa shape index (κ3) is 3.00. The van der Waals surface area contributed by atoms with Crippen molar-refractivity contribution in [2.45, 2.75) is 31.9 Å². The fourth-order valence-corrected chi connectivity index (χ4v) is 2.50. The molecule has 4 heteroatoms. The minimum Gasteiger partial charge on any atom is -0.387 e. The lowest BCUT2D eigenvalue weighted by Crippen LogP contribution is -2.36. The van der Waals surface area contributed by atoms with Gasteiger partial charge in [0, 0.05) is 19.6 Å². The van der Waals surface area contributed by atoms with Crippen LogP contribution in [-0.2, 0) is 0 Å². The van der Waals surface area contributed by atoms with Gasteiger partial charge in [-0.25, -0.2) is 0 Å². The summed E-state index contributed by atoms with van der Waals surface area (Å²) in [5.41, 5.74) is 1.84. The van der Waals surface area contributed by atoms with Gasteiger partial charge in [0.1, 0.15) is 0 Å². The molecule has 4 nitrogen and oxygen atoms in total. The van der Waals surface area contributed by atoms with Crippen LogP contribution < -0.4 is 4.90 Å². The van der Waals surface area contributed by atoms with E-state index in [0.717, 1.165) is 17.9 Å². The number of pyridine rings is 1. The maximum Gasteiger partial charge on any atom is 0.0931 e. The van der Waals surface area contributed by atoms with E-state index in [4.69, 9.17) is 0 Å². The van der Waals surface area contributed by atoms with Crippen LogP contribution in [0.15, 0.2) is 18.3 Å². The maximum absolute atomic E-state index is 9.43. The Kier molecular flexibility index (Phi) is 4.19. The monoisotopic (exact) mass is 249 g/mol. The third-order valence-electron chi connectivity index (χ3n) is 3.80. The molecule has 1 saturated heterocycles. The second kappa shape index (κ2) is 5.67. The highest BCUT2D eigenvalue weighted by molar-refractivity contribution is 5.44. The summed E-state index contributed by atoms with van der Waals surface area (Å²) >= 11 is 0. The summed E-state index contributed by atoms with van der Waals surface area (Å²) in [5.74, 6) is 0. The lowest BCUT2D eigenvalue weighted by Gasteiger charge is -2.27. The van der Waals surface area contributed by atoms with Gasteiger partial charge in [0.25, 0.3) is 0 Å². The lowest BCUT2D eigenvalue weighted by atomic mass is 10.2. The molecule has 18 heavy (non-hydrogen) atoms. The number of aromatic nitrogens is 1. The first-order chi connectivity index (χ1) is 8.58. The molecule has 1 aliphatic heterocycles. The van der Waals surface area contributed by atoms with E-state index in [-0.39, 0.29) is 0 Å². The Labute approximate surface area is 109 Å². The van der Waals surface area contributed by atoms with Crippen LogP contribution in [0.4, 0.5) is 5.69 Å². The van der Waals surface area contributed by atoms with Gasteiger partial charge in [0.2, 0.25) is 0 Å². The molecule has 1 aliphatic rings. The molecule has 2 atom stereocenters. The van der Waals surface area contributed by atoms with E-state index < -0.39 is 6.10 Å². The Bertz CT molecular complexity index is 377. The van der Waals surface area contributed by atoms with E-state index >= 15 is 0 Å². The van der Waals surface area contributed by atoms with Crippen molar-refractivity contribution in [3.05, 3.63) is 24.0 Å². The molecule has 0 saturated carbocycles. The first-order valence-corrected chi connectivity index (χ1v) is 6.63. The van der Waals surface area contributed by atoms with E-state index in [1.54, 1.807) is 6.92 Å². The number of likely N-dealkylation sites (N-methyl/N-ethyl adjacent to an activating group) is 2. The summed E-state index contributed by atoms with van der Waals surface area (Å²) in [6.45, 7) is 3.98. The molecule has 0 aliphatic carbocycles. The fraction of sp³-hybridized carbons (Fsp3) is 0.643. The molecule has 1 unspecified atom stereocenters. The van der Waals surface area contributed by atoms with Crippen LogP contribution in [0.25, 0.3) is 0 Å². The molecule has 0 amide bonds. The van der Waals surface area contributed by atoms with Crippen molar-refractivity contribution in [2.75, 3.05) is 32.1 Å². The van der Waals surface area contributed by atoms with Gasteiger partial charge in [0.15, 0.2) is 0 Å². The largest absolute Gasteiger partial charge is 0.387 e. The highest BCUT2D eigenvalue weighted by atomic mass is 16.3. The molecule has 2 heterocycles. The highest BCUT2D eigenvalue weighted by Crippen LogP contribution is 2.20. The Balaban J connectivity index is 1.98. The van der Waals surface area contributed by atoms with Crippen LogP contribution in [0.3, 0.4) is 0 Å². The van der Waals surface area contributed by atoms with Crippen LogP contribution >= 0.6 is 0 Å². The molecule has 0 spiro atoms. The first-order valence-electron chi connectivity index (χ1n) is 6.63. The average molecular weight is 249 g/mol. The second-order valence-electron chi connectivity index (χ2n) is 5.27. The molecule has 1 aromatic rings. The predicted molar refractivity (Wildman–Crippen MR) is 73.8 cm³/mol. The fourth-order valence-electron chi connectivity index (χ4n) is 2.50. The van der Waals surface area contributed by atoms with Crippen molar-refractivity contribution < 1.29 is 5.11 Å². The summed E-state index contributed by atoms with van der Waals surface area (Å²) in [7, 11) is 4.30. The van der Waals surface area contributed by atoms with E-state index in [2.05, 4.69) is 28.9 Å². The number of nitrogens with zero attached hydrogens (tertiary/aromatic N) is 3. The number of hydrogen-bond acceptors (Lipinski definition) is 4. The van der Waals surface area contributed by atoms with Crippen LogP contribution in [0, 0.1) is 0 Å². The summed E-state index contributed by atoms with van der Waals surface area (Å²) in [5, 5.41) is 9.43. The maximum atomic E-state index is 9.43. The highest BCUT2D eigenvalue weighted by Gasteiger charge is 2.22. The van der Waals surface area contributed by atoms with Crippen LogP contribution in [0.2, 0.25) is 0 Å². The third-order valence-corrected chi connectivity index (χ3v) is 3.80. The van der Waals surface area contributed by atoms with Gasteiger partial charge < -0.3 is 14.9 Å². The second-order valence-corrected chi connectivity index (χ2v) is 5.27. The molecule has 1 fully saturated rings. The van der Waals surface area contributed by atoms with Gasteiger partial charge in [-0.3, -0.25) is 4.98 Å². The SMILES string of the molecule is C[C@@H](O)c1ccc(N(C)CC2CCCN2C)cn1. The molecule has 1 N–H and O–H groups in total. The van der Waals surface area contributed by atoms with E-state index in [1.165, 1.54) is 19.4 Å². The van der Waals surface area contributed by atoms with Crippen molar-refractivity contribution in [2.24, 2.45) is 0 Å². The number of aliphatic hydroxyl groups is 1. The van der Waals surface area contributed by atoms with E-state index in [1.807, 2.05) is 18.3 Å². The molecule has 0 aromatic carbocycles. The number of likely N-dealkylation sites (tertiary alicyclic amines) is 1. The number of rotatable bonds is 4. The Morgan fingerprint density at radius 1 is 1.56 bits per heavy atom. The average Bonchev–Trinajstić information content (AvgIpc) is 2.75. The normalized spacial score (nSPS) is 22.1. The Hall–Kier alpha value is -1.13. The Morgan fingerprint density at radius 2 is 2.33 bits per heavy atom. The molecule has 0 bridgehead atoms. The number of hydrogen-bond donors (Lipinski definition) is 1. The predicted octanol–water partition coefficient (Wildman–Crippen LogP) is 1.67. The van der Waals surface area contributed by atoms with E-state index in [9.17, 15) is 5.11 Å². The Morgan fingerprint density at radius 3 is 2.83 bits per heavy atom. The van der Waals surface area contributed by atoms with E-state index in [0.29, 0.717) is 6.04 Å². The van der Waals surface area contributed by atoms with Crippen LogP contribution in [0.1, 0.15) is 31.6 Å². The van der Waals surface area contributed by atoms with Crippen molar-refractivity contribution in [1.82, 2.24) is 9.88 Å². The summed E-state index contributed by atoms with van der Waals surface area (Å²) in [6, 6.07) is 4.57. The molecule has 0 radical (unpaired) electrons. The van der Waals surface area contributed by atoms with Crippen molar-refractivity contribution in [3.63, 3.8) is 0 Å². The zero-order valence-electron chi connectivity index (χ0n) is 11.5. The van der Waals surface area contributed by atoms with Gasteiger partial charge in [-0.05, 0) is 45.5 Å². The van der Waals surface area contributed by atoms with Crippen LogP contribution in [-0.4, -0.2) is 48.2 Å². The molecular formula is C14H23N3O. The topological polar surface area (TPSA) is 39.6 Å². The zero-order valence-corrected chi connectivity index (χ0v) is 11.5. The summed E-state index contributed by atoms with van der Waals surface area (Å²) in [6.07, 6.45) is 3.93. The first kappa shape index (κ1) is 13.3. The smallest absolute Gasteiger partial charge is 0.0931 e. The van der Waals surface area contributed by atoms with Gasteiger partial charge in [0.05, 0.1) is 23.7 Å². The standard InChI is InChI=1S/C14H23N3O/c1-11(18)14-7-6-12(9-15-14)17(3)10-13-5-4-8-16(13)2/h6-7,9,11,13,18H,4-5,8,10H2,1-3H3/t11-,13?/m1/s1. The molecule has 1 aromatic heterocycles. The van der Waals surface area contributed by atoms with Gasteiger partial charge in [-0.15, -0.1) is 0 Å². The lowest BCUT2D eigenvalue weighted by molar-refractivity contribution is 0.194. The van der Waals surface area contributed by atoms with Gasteiger partial charge >= 0.3 is 0 Å². The van der Waals surface area contributed by atoms with Crippen molar-refractivity contribution in [1.29, 1.82) is 0 Å². The summed E-state index contributed by atoms with van der Waals surface area (Å²) in [4.78, 5) is 8.95. The molecular weight excluding hydrogens is 226 g/mol. The van der Waals surface area contributed by atoms with Gasteiger partial charge in [-0.2, -0.15) is 0 Å². The molecule has 100 valence electrons. The minimum absolute atomic E-state index is 0.495.